The van der Waals surface area contributed by atoms with Crippen molar-refractivity contribution < 1.29 is 19.1 Å². The van der Waals surface area contributed by atoms with Gasteiger partial charge in [-0.1, -0.05) is 29.3 Å². The van der Waals surface area contributed by atoms with Gasteiger partial charge in [-0.05, 0) is 55.2 Å². The first-order valence-electron chi connectivity index (χ1n) is 9.78. The lowest BCUT2D eigenvalue weighted by atomic mass is 9.79. The SMILES string of the molecule is O=C(Nc1cc(Cl)ccc1Cl)c1cccc(NC(=O)[C@@H]2[C@@H]3C[C@@H]4[C@@H]2C(=O)O[C@@H]4C3)c1. The summed E-state index contributed by atoms with van der Waals surface area (Å²) in [6.45, 7) is 0. The van der Waals surface area contributed by atoms with Crippen LogP contribution in [0.4, 0.5) is 11.4 Å². The quantitative estimate of drug-likeness (QED) is 0.685. The zero-order valence-electron chi connectivity index (χ0n) is 15.7. The molecular weight excluding hydrogens is 427 g/mol. The fraction of sp³-hybridized carbons (Fsp3) is 0.318. The Morgan fingerprint density at radius 3 is 2.70 bits per heavy atom. The van der Waals surface area contributed by atoms with Crippen LogP contribution in [0.1, 0.15) is 23.2 Å². The third kappa shape index (κ3) is 3.24. The Labute approximate surface area is 182 Å². The Kier molecular flexibility index (Phi) is 4.71. The number of fused-ring (bicyclic) bond motifs is 1. The summed E-state index contributed by atoms with van der Waals surface area (Å²) in [5.74, 6) is -1.20. The fourth-order valence-corrected chi connectivity index (χ4v) is 5.45. The molecule has 1 saturated heterocycles. The standard InChI is InChI=1S/C22H18Cl2N2O4/c23-12-4-5-15(24)16(9-12)26-20(27)10-2-1-3-13(6-10)25-21(28)18-11-7-14-17(8-11)30-22(29)19(14)18/h1-6,9,11,14,17-19H,7-8H2,(H,25,28)(H,26,27)/t11-,14+,17-,18-,19+/m1/s1. The molecule has 2 aliphatic carbocycles. The summed E-state index contributed by atoms with van der Waals surface area (Å²) in [6.07, 6.45) is 1.61. The molecule has 0 unspecified atom stereocenters. The van der Waals surface area contributed by atoms with Crippen molar-refractivity contribution in [3.8, 4) is 0 Å². The van der Waals surface area contributed by atoms with Gasteiger partial charge in [0, 0.05) is 22.2 Å². The molecule has 1 heterocycles. The van der Waals surface area contributed by atoms with Crippen LogP contribution < -0.4 is 10.6 Å². The molecule has 0 radical (unpaired) electrons. The van der Waals surface area contributed by atoms with E-state index in [0.29, 0.717) is 27.0 Å². The van der Waals surface area contributed by atoms with Crippen molar-refractivity contribution >= 4 is 52.4 Å². The van der Waals surface area contributed by atoms with E-state index in [0.717, 1.165) is 12.8 Å². The summed E-state index contributed by atoms with van der Waals surface area (Å²) >= 11 is 12.1. The second-order valence-corrected chi connectivity index (χ2v) is 8.91. The molecule has 2 N–H and O–H groups in total. The number of amides is 2. The average Bonchev–Trinajstić information content (AvgIpc) is 3.33. The second-order valence-electron chi connectivity index (χ2n) is 8.07. The molecule has 1 aliphatic heterocycles. The zero-order valence-corrected chi connectivity index (χ0v) is 17.2. The Hall–Kier alpha value is -2.57. The van der Waals surface area contributed by atoms with Crippen LogP contribution in [-0.4, -0.2) is 23.9 Å². The molecule has 5 atom stereocenters. The molecule has 3 fully saturated rings. The summed E-state index contributed by atoms with van der Waals surface area (Å²) in [6, 6.07) is 11.4. The number of rotatable bonds is 4. The van der Waals surface area contributed by atoms with E-state index in [-0.39, 0.29) is 47.6 Å². The molecule has 0 aromatic heterocycles. The van der Waals surface area contributed by atoms with Crippen LogP contribution in [0.2, 0.25) is 10.0 Å². The maximum absolute atomic E-state index is 12.9. The highest BCUT2D eigenvalue weighted by Gasteiger charge is 2.63. The number of ether oxygens (including phenoxy) is 1. The van der Waals surface area contributed by atoms with Gasteiger partial charge in [0.25, 0.3) is 5.91 Å². The van der Waals surface area contributed by atoms with Gasteiger partial charge < -0.3 is 15.4 Å². The van der Waals surface area contributed by atoms with Crippen molar-refractivity contribution in [2.45, 2.75) is 18.9 Å². The monoisotopic (exact) mass is 444 g/mol. The third-order valence-electron chi connectivity index (χ3n) is 6.35. The largest absolute Gasteiger partial charge is 0.462 e. The van der Waals surface area contributed by atoms with Crippen LogP contribution in [0, 0.1) is 23.7 Å². The first-order chi connectivity index (χ1) is 14.4. The number of hydrogen-bond acceptors (Lipinski definition) is 4. The number of anilines is 2. The minimum absolute atomic E-state index is 0.0121. The molecule has 2 amide bonds. The molecule has 2 saturated carbocycles. The Balaban J connectivity index is 1.30. The van der Waals surface area contributed by atoms with E-state index in [9.17, 15) is 14.4 Å². The number of carbonyl (C=O) groups excluding carboxylic acids is 3. The lowest BCUT2D eigenvalue weighted by molar-refractivity contribution is -0.145. The minimum atomic E-state index is -0.377. The molecular formula is C22H18Cl2N2O4. The Morgan fingerprint density at radius 1 is 1.03 bits per heavy atom. The highest BCUT2D eigenvalue weighted by Crippen LogP contribution is 2.57. The molecule has 154 valence electrons. The van der Waals surface area contributed by atoms with Crippen LogP contribution in [0.25, 0.3) is 0 Å². The Bertz CT molecular complexity index is 1070. The third-order valence-corrected chi connectivity index (χ3v) is 6.92. The van der Waals surface area contributed by atoms with Crippen molar-refractivity contribution in [3.05, 3.63) is 58.1 Å². The van der Waals surface area contributed by atoms with Gasteiger partial charge in [-0.3, -0.25) is 14.4 Å². The first-order valence-corrected chi connectivity index (χ1v) is 10.5. The summed E-state index contributed by atoms with van der Waals surface area (Å²) in [5.41, 5.74) is 1.26. The van der Waals surface area contributed by atoms with Gasteiger partial charge in [-0.2, -0.15) is 0 Å². The van der Waals surface area contributed by atoms with Gasteiger partial charge in [0.15, 0.2) is 0 Å². The molecule has 6 nitrogen and oxygen atoms in total. The van der Waals surface area contributed by atoms with Crippen molar-refractivity contribution in [1.29, 1.82) is 0 Å². The predicted octanol–water partition coefficient (Wildman–Crippen LogP) is 4.38. The molecule has 0 spiro atoms. The summed E-state index contributed by atoms with van der Waals surface area (Å²) < 4.78 is 5.40. The number of benzene rings is 2. The number of carbonyl (C=O) groups is 3. The van der Waals surface area contributed by atoms with Gasteiger partial charge in [-0.15, -0.1) is 0 Å². The fourth-order valence-electron chi connectivity index (χ4n) is 5.11. The average molecular weight is 445 g/mol. The van der Waals surface area contributed by atoms with Crippen molar-refractivity contribution in [3.63, 3.8) is 0 Å². The molecule has 2 aromatic rings. The summed E-state index contributed by atoms with van der Waals surface area (Å²) in [4.78, 5) is 37.7. The van der Waals surface area contributed by atoms with E-state index in [1.54, 1.807) is 42.5 Å². The van der Waals surface area contributed by atoms with Crippen LogP contribution in [0.5, 0.6) is 0 Å². The van der Waals surface area contributed by atoms with E-state index in [1.807, 2.05) is 0 Å². The van der Waals surface area contributed by atoms with E-state index in [2.05, 4.69) is 10.6 Å². The van der Waals surface area contributed by atoms with Crippen molar-refractivity contribution in [2.75, 3.05) is 10.6 Å². The van der Waals surface area contributed by atoms with Crippen LogP contribution >= 0.6 is 23.2 Å². The smallest absolute Gasteiger partial charge is 0.310 e. The number of halogens is 2. The topological polar surface area (TPSA) is 84.5 Å². The second kappa shape index (κ2) is 7.29. The summed E-state index contributed by atoms with van der Waals surface area (Å²) in [5, 5.41) is 6.42. The maximum Gasteiger partial charge on any atom is 0.310 e. The van der Waals surface area contributed by atoms with Crippen LogP contribution in [0.15, 0.2) is 42.5 Å². The zero-order chi connectivity index (χ0) is 21.0. The van der Waals surface area contributed by atoms with Gasteiger partial charge in [0.2, 0.25) is 5.91 Å². The number of hydrogen-bond donors (Lipinski definition) is 2. The van der Waals surface area contributed by atoms with Crippen molar-refractivity contribution in [2.24, 2.45) is 23.7 Å². The molecule has 5 rings (SSSR count). The van der Waals surface area contributed by atoms with E-state index in [1.165, 1.54) is 0 Å². The first kappa shape index (κ1) is 19.4. The lowest BCUT2D eigenvalue weighted by Crippen LogP contribution is -2.35. The normalized spacial score (nSPS) is 28.3. The summed E-state index contributed by atoms with van der Waals surface area (Å²) in [7, 11) is 0. The molecule has 30 heavy (non-hydrogen) atoms. The van der Waals surface area contributed by atoms with E-state index < -0.39 is 0 Å². The maximum atomic E-state index is 12.9. The van der Waals surface area contributed by atoms with Crippen molar-refractivity contribution in [1.82, 2.24) is 0 Å². The Morgan fingerprint density at radius 2 is 1.87 bits per heavy atom. The minimum Gasteiger partial charge on any atom is -0.462 e. The number of nitrogens with one attached hydrogen (secondary N) is 2. The molecule has 2 bridgehead atoms. The highest BCUT2D eigenvalue weighted by atomic mass is 35.5. The predicted molar refractivity (Wildman–Crippen MR) is 113 cm³/mol. The molecule has 8 heteroatoms. The van der Waals surface area contributed by atoms with Crippen LogP contribution in [0.3, 0.4) is 0 Å². The highest BCUT2D eigenvalue weighted by molar-refractivity contribution is 6.35. The molecule has 2 aromatic carbocycles. The van der Waals surface area contributed by atoms with E-state index >= 15 is 0 Å². The van der Waals surface area contributed by atoms with Gasteiger partial charge >= 0.3 is 5.97 Å². The van der Waals surface area contributed by atoms with Crippen LogP contribution in [-0.2, 0) is 14.3 Å². The number of esters is 1. The lowest BCUT2D eigenvalue weighted by Gasteiger charge is -2.23. The van der Waals surface area contributed by atoms with Gasteiger partial charge in [-0.25, -0.2) is 0 Å². The van der Waals surface area contributed by atoms with Gasteiger partial charge in [0.05, 0.1) is 22.5 Å². The van der Waals surface area contributed by atoms with E-state index in [4.69, 9.17) is 27.9 Å². The van der Waals surface area contributed by atoms with Gasteiger partial charge in [0.1, 0.15) is 6.10 Å². The molecule has 3 aliphatic rings.